The Labute approximate surface area is 157 Å². The van der Waals surface area contributed by atoms with E-state index in [0.717, 1.165) is 4.90 Å². The summed E-state index contributed by atoms with van der Waals surface area (Å²) in [6.45, 7) is 3.38. The van der Waals surface area contributed by atoms with Gasteiger partial charge >= 0.3 is 6.03 Å². The van der Waals surface area contributed by atoms with Crippen LogP contribution in [0.5, 0.6) is 11.5 Å². The first-order chi connectivity index (χ1) is 13.0. The normalized spacial score (nSPS) is 21.9. The van der Waals surface area contributed by atoms with E-state index < -0.39 is 6.03 Å². The average Bonchev–Trinajstić information content (AvgIpc) is 3.15. The summed E-state index contributed by atoms with van der Waals surface area (Å²) in [5.74, 6) is 0.855. The quantitative estimate of drug-likeness (QED) is 0.565. The third-order valence-corrected chi connectivity index (χ3v) is 5.11. The van der Waals surface area contributed by atoms with Crippen molar-refractivity contribution in [3.63, 3.8) is 0 Å². The van der Waals surface area contributed by atoms with Crippen LogP contribution in [0.25, 0.3) is 0 Å². The molecule has 146 valence electrons. The average molecular weight is 377 g/mol. The predicted octanol–water partition coefficient (Wildman–Crippen LogP) is -0.507. The molecule has 9 heteroatoms. The maximum absolute atomic E-state index is 12.5. The summed E-state index contributed by atoms with van der Waals surface area (Å²) in [4.78, 5) is 37.0. The molecule has 1 saturated heterocycles. The maximum atomic E-state index is 12.5. The van der Waals surface area contributed by atoms with Crippen LogP contribution in [0.3, 0.4) is 0 Å². The zero-order valence-corrected chi connectivity index (χ0v) is 15.5. The standard InChI is InChI=1S/C18H24N4O5/c1-11(16(23)21-18(25)19-2)22-7-5-12(6-8-22)17(24)20-13-3-4-14-15(9-13)27-10-26-14/h3-4,9,11-12H,5-8,10H2,1-2H3,(H,20,24)(H2,19,21,23,25)/p+1/t11-/m1/s1. The second-order valence-corrected chi connectivity index (χ2v) is 6.78. The van der Waals surface area contributed by atoms with Crippen molar-refractivity contribution in [2.75, 3.05) is 32.2 Å². The van der Waals surface area contributed by atoms with Gasteiger partial charge in [-0.15, -0.1) is 0 Å². The molecule has 3 rings (SSSR count). The second kappa shape index (κ2) is 8.26. The highest BCUT2D eigenvalue weighted by Gasteiger charge is 2.33. The van der Waals surface area contributed by atoms with Crippen LogP contribution in [0.1, 0.15) is 19.8 Å². The molecule has 0 bridgehead atoms. The van der Waals surface area contributed by atoms with Crippen LogP contribution in [0.15, 0.2) is 18.2 Å². The summed E-state index contributed by atoms with van der Waals surface area (Å²) in [6, 6.07) is 4.46. The fourth-order valence-corrected chi connectivity index (χ4v) is 3.37. The molecule has 4 N–H and O–H groups in total. The molecule has 0 saturated carbocycles. The lowest BCUT2D eigenvalue weighted by Crippen LogP contribution is -3.17. The van der Waals surface area contributed by atoms with E-state index in [0.29, 0.717) is 43.1 Å². The Hall–Kier alpha value is -2.81. The summed E-state index contributed by atoms with van der Waals surface area (Å²) in [6.07, 6.45) is 1.37. The molecular weight excluding hydrogens is 352 g/mol. The van der Waals surface area contributed by atoms with E-state index in [1.165, 1.54) is 7.05 Å². The fourth-order valence-electron chi connectivity index (χ4n) is 3.37. The Morgan fingerprint density at radius 2 is 1.85 bits per heavy atom. The molecule has 2 aliphatic rings. The van der Waals surface area contributed by atoms with Gasteiger partial charge in [-0.25, -0.2) is 4.79 Å². The van der Waals surface area contributed by atoms with Gasteiger partial charge in [-0.05, 0) is 19.1 Å². The minimum absolute atomic E-state index is 0.0321. The lowest BCUT2D eigenvalue weighted by Gasteiger charge is -2.31. The van der Waals surface area contributed by atoms with Gasteiger partial charge in [0.1, 0.15) is 0 Å². The minimum atomic E-state index is -0.510. The van der Waals surface area contributed by atoms with Crippen LogP contribution in [0.2, 0.25) is 0 Å². The number of anilines is 1. The Morgan fingerprint density at radius 3 is 2.56 bits per heavy atom. The number of hydrogen-bond donors (Lipinski definition) is 4. The molecule has 27 heavy (non-hydrogen) atoms. The first kappa shape index (κ1) is 19.0. The summed E-state index contributed by atoms with van der Waals surface area (Å²) >= 11 is 0. The molecule has 1 aromatic carbocycles. The zero-order chi connectivity index (χ0) is 19.4. The van der Waals surface area contributed by atoms with Crippen molar-refractivity contribution in [3.05, 3.63) is 18.2 Å². The van der Waals surface area contributed by atoms with Crippen molar-refractivity contribution in [1.29, 1.82) is 0 Å². The van der Waals surface area contributed by atoms with Gasteiger partial charge in [-0.3, -0.25) is 14.9 Å². The predicted molar refractivity (Wildman–Crippen MR) is 96.7 cm³/mol. The molecule has 0 spiro atoms. The number of imide groups is 1. The minimum Gasteiger partial charge on any atom is -0.454 e. The van der Waals surface area contributed by atoms with Crippen LogP contribution < -0.4 is 30.3 Å². The molecule has 0 aromatic heterocycles. The molecule has 9 nitrogen and oxygen atoms in total. The van der Waals surface area contributed by atoms with Crippen molar-refractivity contribution in [3.8, 4) is 11.5 Å². The summed E-state index contributed by atoms with van der Waals surface area (Å²) in [5, 5.41) is 7.59. The van der Waals surface area contributed by atoms with E-state index in [4.69, 9.17) is 9.47 Å². The van der Waals surface area contributed by atoms with Gasteiger partial charge in [0.05, 0.1) is 13.1 Å². The van der Waals surface area contributed by atoms with Crippen LogP contribution in [0, 0.1) is 5.92 Å². The number of hydrogen-bond acceptors (Lipinski definition) is 5. The molecule has 2 aliphatic heterocycles. The van der Waals surface area contributed by atoms with E-state index in [1.54, 1.807) is 25.1 Å². The number of benzene rings is 1. The van der Waals surface area contributed by atoms with E-state index in [9.17, 15) is 14.4 Å². The highest BCUT2D eigenvalue weighted by Crippen LogP contribution is 2.34. The summed E-state index contributed by atoms with van der Waals surface area (Å²) in [5.41, 5.74) is 0.678. The third kappa shape index (κ3) is 4.48. The molecule has 4 amide bonds. The lowest BCUT2D eigenvalue weighted by atomic mass is 9.94. The Bertz CT molecular complexity index is 730. The first-order valence-corrected chi connectivity index (χ1v) is 9.05. The number of rotatable bonds is 4. The lowest BCUT2D eigenvalue weighted by molar-refractivity contribution is -0.919. The first-order valence-electron chi connectivity index (χ1n) is 9.05. The highest BCUT2D eigenvalue weighted by atomic mass is 16.7. The number of nitrogens with one attached hydrogen (secondary N) is 4. The number of urea groups is 1. The fraction of sp³-hybridized carbons (Fsp3) is 0.500. The van der Waals surface area contributed by atoms with E-state index in [1.807, 2.05) is 0 Å². The number of carbonyl (C=O) groups excluding carboxylic acids is 3. The number of ether oxygens (including phenoxy) is 2. The molecule has 1 aromatic rings. The monoisotopic (exact) mass is 377 g/mol. The maximum Gasteiger partial charge on any atom is 0.321 e. The van der Waals surface area contributed by atoms with E-state index in [2.05, 4.69) is 16.0 Å². The number of piperidine rings is 1. The number of likely N-dealkylation sites (tertiary alicyclic amines) is 1. The van der Waals surface area contributed by atoms with E-state index in [-0.39, 0.29) is 30.6 Å². The van der Waals surface area contributed by atoms with Crippen molar-refractivity contribution in [2.45, 2.75) is 25.8 Å². The SMILES string of the molecule is CNC(=O)NC(=O)[C@@H](C)[NH+]1CCC(C(=O)Nc2ccc3c(c2)OCO3)CC1. The van der Waals surface area contributed by atoms with Gasteiger partial charge in [0.2, 0.25) is 12.7 Å². The van der Waals surface area contributed by atoms with Gasteiger partial charge in [-0.2, -0.15) is 0 Å². The highest BCUT2D eigenvalue weighted by molar-refractivity contribution is 5.96. The number of quaternary nitrogens is 1. The number of carbonyl (C=O) groups is 3. The molecular formula is C18H25N4O5+. The van der Waals surface area contributed by atoms with Crippen LogP contribution >= 0.6 is 0 Å². The van der Waals surface area contributed by atoms with Gasteiger partial charge in [0.15, 0.2) is 17.5 Å². The summed E-state index contributed by atoms with van der Waals surface area (Å²) in [7, 11) is 1.46. The van der Waals surface area contributed by atoms with Crippen molar-refractivity contribution in [1.82, 2.24) is 10.6 Å². The van der Waals surface area contributed by atoms with E-state index >= 15 is 0 Å². The molecule has 1 atom stereocenters. The van der Waals surface area contributed by atoms with Gasteiger partial charge < -0.3 is 25.0 Å². The molecule has 0 radical (unpaired) electrons. The van der Waals surface area contributed by atoms with Crippen molar-refractivity contribution in [2.24, 2.45) is 5.92 Å². The zero-order valence-electron chi connectivity index (χ0n) is 15.5. The Balaban J connectivity index is 1.49. The van der Waals surface area contributed by atoms with Crippen LogP contribution in [0.4, 0.5) is 10.5 Å². The number of fused-ring (bicyclic) bond motifs is 1. The summed E-state index contributed by atoms with van der Waals surface area (Å²) < 4.78 is 10.6. The molecule has 0 unspecified atom stereocenters. The third-order valence-electron chi connectivity index (χ3n) is 5.11. The van der Waals surface area contributed by atoms with Crippen molar-refractivity contribution >= 4 is 23.5 Å². The molecule has 2 heterocycles. The van der Waals surface area contributed by atoms with Crippen molar-refractivity contribution < 1.29 is 28.8 Å². The number of amides is 4. The topological polar surface area (TPSA) is 110 Å². The van der Waals surface area contributed by atoms with Crippen LogP contribution in [-0.2, 0) is 9.59 Å². The van der Waals surface area contributed by atoms with Gasteiger partial charge in [0, 0.05) is 37.6 Å². The molecule has 0 aliphatic carbocycles. The largest absolute Gasteiger partial charge is 0.454 e. The Kier molecular flexibility index (Phi) is 5.80. The second-order valence-electron chi connectivity index (χ2n) is 6.78. The smallest absolute Gasteiger partial charge is 0.321 e. The Morgan fingerprint density at radius 1 is 1.15 bits per heavy atom. The van der Waals surface area contributed by atoms with Crippen LogP contribution in [-0.4, -0.2) is 50.8 Å². The molecule has 1 fully saturated rings. The van der Waals surface area contributed by atoms with Gasteiger partial charge in [-0.1, -0.05) is 0 Å². The van der Waals surface area contributed by atoms with Gasteiger partial charge in [0.25, 0.3) is 5.91 Å².